The summed E-state index contributed by atoms with van der Waals surface area (Å²) in [6.07, 6.45) is -0.0754. The zero-order valence-electron chi connectivity index (χ0n) is 6.88. The van der Waals surface area contributed by atoms with Crippen molar-refractivity contribution in [2.45, 2.75) is 6.42 Å². The topological polar surface area (TPSA) is 39.2 Å². The van der Waals surface area contributed by atoms with Gasteiger partial charge >= 0.3 is 5.97 Å². The molecule has 1 aromatic heterocycles. The minimum absolute atomic E-state index is 0.0754. The van der Waals surface area contributed by atoms with E-state index in [1.54, 1.807) is 0 Å². The third kappa shape index (κ3) is 2.99. The molecule has 70 valence electrons. The highest BCUT2D eigenvalue weighted by Crippen LogP contribution is 2.11. The Hall–Kier alpha value is -1.16. The van der Waals surface area contributed by atoms with E-state index in [0.717, 1.165) is 6.07 Å². The molecule has 5 heteroatoms. The van der Waals surface area contributed by atoms with Crippen LogP contribution in [0.25, 0.3) is 0 Å². The van der Waals surface area contributed by atoms with E-state index in [0.29, 0.717) is 0 Å². The summed E-state index contributed by atoms with van der Waals surface area (Å²) in [5.41, 5.74) is 0.261. The molecule has 0 N–H and O–H groups in total. The fraction of sp³-hybridized carbons (Fsp3) is 0.250. The molecule has 0 spiro atoms. The van der Waals surface area contributed by atoms with Gasteiger partial charge in [-0.25, -0.2) is 4.98 Å². The molecular weight excluding hydrogens is 197 g/mol. The van der Waals surface area contributed by atoms with Gasteiger partial charge in [-0.05, 0) is 6.07 Å². The number of pyridine rings is 1. The number of methoxy groups -OCH3 is 1. The smallest absolute Gasteiger partial charge is 0.311 e. The van der Waals surface area contributed by atoms with Gasteiger partial charge in [0.15, 0.2) is 0 Å². The second kappa shape index (κ2) is 4.18. The molecule has 0 unspecified atom stereocenters. The summed E-state index contributed by atoms with van der Waals surface area (Å²) in [7, 11) is 1.25. The van der Waals surface area contributed by atoms with Crippen molar-refractivity contribution in [1.29, 1.82) is 0 Å². The van der Waals surface area contributed by atoms with Crippen LogP contribution in [0.3, 0.4) is 0 Å². The highest BCUT2D eigenvalue weighted by atomic mass is 35.5. The molecule has 0 amide bonds. The lowest BCUT2D eigenvalue weighted by Crippen LogP contribution is -2.06. The van der Waals surface area contributed by atoms with Gasteiger partial charge in [0.25, 0.3) is 0 Å². The first-order valence-electron chi connectivity index (χ1n) is 3.50. The number of rotatable bonds is 2. The second-order valence-electron chi connectivity index (χ2n) is 2.35. The molecule has 0 aliphatic heterocycles. The maximum atomic E-state index is 12.6. The van der Waals surface area contributed by atoms with Crippen LogP contribution in [-0.2, 0) is 16.0 Å². The number of nitrogens with zero attached hydrogens (tertiary/aromatic N) is 1. The molecule has 1 rings (SSSR count). The summed E-state index contributed by atoms with van der Waals surface area (Å²) < 4.78 is 17.0. The SMILES string of the molecule is COC(=O)Cc1cc(Cl)cc(F)n1. The summed E-state index contributed by atoms with van der Waals surface area (Å²) in [5.74, 6) is -1.18. The first kappa shape index (κ1) is 9.92. The summed E-state index contributed by atoms with van der Waals surface area (Å²) in [6.45, 7) is 0. The third-order valence-corrected chi connectivity index (χ3v) is 1.58. The van der Waals surface area contributed by atoms with Gasteiger partial charge in [0.2, 0.25) is 5.95 Å². The summed E-state index contributed by atoms with van der Waals surface area (Å²) in [4.78, 5) is 14.2. The van der Waals surface area contributed by atoms with Crippen molar-refractivity contribution in [1.82, 2.24) is 4.98 Å². The quantitative estimate of drug-likeness (QED) is 0.541. The lowest BCUT2D eigenvalue weighted by molar-refractivity contribution is -0.139. The zero-order chi connectivity index (χ0) is 9.84. The molecule has 0 aliphatic rings. The Kier molecular flexibility index (Phi) is 3.19. The number of carbonyl (C=O) groups is 1. The molecule has 0 aromatic carbocycles. The summed E-state index contributed by atoms with van der Waals surface area (Å²) >= 11 is 5.54. The van der Waals surface area contributed by atoms with E-state index < -0.39 is 11.9 Å². The average molecular weight is 204 g/mol. The van der Waals surface area contributed by atoms with Crippen molar-refractivity contribution in [3.05, 3.63) is 28.8 Å². The summed E-state index contributed by atoms with van der Waals surface area (Å²) in [5, 5.41) is 0.214. The van der Waals surface area contributed by atoms with Crippen LogP contribution in [0.2, 0.25) is 5.02 Å². The third-order valence-electron chi connectivity index (χ3n) is 1.37. The number of halogens is 2. The summed E-state index contributed by atoms with van der Waals surface area (Å²) in [6, 6.07) is 2.49. The number of aromatic nitrogens is 1. The Bertz CT molecular complexity index is 310. The second-order valence-corrected chi connectivity index (χ2v) is 2.79. The Morgan fingerprint density at radius 3 is 2.92 bits per heavy atom. The molecule has 3 nitrogen and oxygen atoms in total. The Morgan fingerprint density at radius 1 is 1.69 bits per heavy atom. The van der Waals surface area contributed by atoms with Gasteiger partial charge in [0.1, 0.15) is 0 Å². The molecular formula is C8H7ClFNO2. The maximum Gasteiger partial charge on any atom is 0.311 e. The van der Waals surface area contributed by atoms with Crippen LogP contribution < -0.4 is 0 Å². The van der Waals surface area contributed by atoms with E-state index in [9.17, 15) is 9.18 Å². The maximum absolute atomic E-state index is 12.6. The van der Waals surface area contributed by atoms with Crippen LogP contribution in [0.4, 0.5) is 4.39 Å². The molecule has 0 saturated carbocycles. The van der Waals surface area contributed by atoms with Crippen LogP contribution in [0, 0.1) is 5.95 Å². The molecule has 1 aromatic rings. The molecule has 13 heavy (non-hydrogen) atoms. The highest BCUT2D eigenvalue weighted by molar-refractivity contribution is 6.30. The Balaban J connectivity index is 2.83. The van der Waals surface area contributed by atoms with Gasteiger partial charge in [0, 0.05) is 11.1 Å². The Labute approximate surface area is 79.5 Å². The number of hydrogen-bond acceptors (Lipinski definition) is 3. The van der Waals surface area contributed by atoms with Crippen molar-refractivity contribution in [2.75, 3.05) is 7.11 Å². The van der Waals surface area contributed by atoms with Crippen molar-refractivity contribution in [3.63, 3.8) is 0 Å². The van der Waals surface area contributed by atoms with E-state index in [2.05, 4.69) is 9.72 Å². The minimum Gasteiger partial charge on any atom is -0.469 e. The van der Waals surface area contributed by atoms with Gasteiger partial charge in [-0.3, -0.25) is 4.79 Å². The van der Waals surface area contributed by atoms with Crippen LogP contribution in [0.1, 0.15) is 5.69 Å². The van der Waals surface area contributed by atoms with Crippen LogP contribution in [-0.4, -0.2) is 18.1 Å². The predicted octanol–water partition coefficient (Wildman–Crippen LogP) is 1.59. The van der Waals surface area contributed by atoms with E-state index >= 15 is 0 Å². The molecule has 0 radical (unpaired) electrons. The minimum atomic E-state index is -0.702. The lowest BCUT2D eigenvalue weighted by Gasteiger charge is -1.99. The van der Waals surface area contributed by atoms with Crippen LogP contribution in [0.5, 0.6) is 0 Å². The van der Waals surface area contributed by atoms with Gasteiger partial charge in [-0.1, -0.05) is 11.6 Å². The molecule has 0 fully saturated rings. The van der Waals surface area contributed by atoms with Gasteiger partial charge in [0.05, 0.1) is 19.2 Å². The van der Waals surface area contributed by atoms with Crippen LogP contribution in [0.15, 0.2) is 12.1 Å². The fourth-order valence-electron chi connectivity index (χ4n) is 0.827. The lowest BCUT2D eigenvalue weighted by atomic mass is 10.3. The number of ether oxygens (including phenoxy) is 1. The van der Waals surface area contributed by atoms with Gasteiger partial charge in [-0.15, -0.1) is 0 Å². The normalized spacial score (nSPS) is 9.77. The highest BCUT2D eigenvalue weighted by Gasteiger charge is 2.06. The van der Waals surface area contributed by atoms with Crippen LogP contribution >= 0.6 is 11.6 Å². The predicted molar refractivity (Wildman–Crippen MR) is 44.9 cm³/mol. The van der Waals surface area contributed by atoms with E-state index in [4.69, 9.17) is 11.6 Å². The number of hydrogen-bond donors (Lipinski definition) is 0. The molecule has 0 bridgehead atoms. The standard InChI is InChI=1S/C8H7ClFNO2/c1-13-8(12)4-6-2-5(9)3-7(10)11-6/h2-3H,4H2,1H3. The van der Waals surface area contributed by atoms with Crippen molar-refractivity contribution in [3.8, 4) is 0 Å². The monoisotopic (exact) mass is 203 g/mol. The first-order chi connectivity index (χ1) is 6.11. The molecule has 0 saturated heterocycles. The van der Waals surface area contributed by atoms with Crippen molar-refractivity contribution >= 4 is 17.6 Å². The van der Waals surface area contributed by atoms with E-state index in [1.807, 2.05) is 0 Å². The average Bonchev–Trinajstić information content (AvgIpc) is 2.02. The molecule has 1 heterocycles. The number of carbonyl (C=O) groups excluding carboxylic acids is 1. The van der Waals surface area contributed by atoms with Gasteiger partial charge in [-0.2, -0.15) is 4.39 Å². The first-order valence-corrected chi connectivity index (χ1v) is 3.88. The van der Waals surface area contributed by atoms with E-state index in [-0.39, 0.29) is 17.1 Å². The fourth-order valence-corrected chi connectivity index (χ4v) is 1.04. The van der Waals surface area contributed by atoms with E-state index in [1.165, 1.54) is 13.2 Å². The van der Waals surface area contributed by atoms with Crippen molar-refractivity contribution in [2.24, 2.45) is 0 Å². The number of esters is 1. The zero-order valence-corrected chi connectivity index (χ0v) is 7.64. The van der Waals surface area contributed by atoms with Gasteiger partial charge < -0.3 is 4.74 Å². The largest absolute Gasteiger partial charge is 0.469 e. The molecule has 0 atom stereocenters. The Morgan fingerprint density at radius 2 is 2.38 bits per heavy atom. The molecule has 0 aliphatic carbocycles. The van der Waals surface area contributed by atoms with Crippen molar-refractivity contribution < 1.29 is 13.9 Å².